The molecule has 2 saturated heterocycles. The van der Waals surface area contributed by atoms with Gasteiger partial charge >= 0.3 is 0 Å². The highest BCUT2D eigenvalue weighted by atomic mass is 32.2. The van der Waals surface area contributed by atoms with Crippen molar-refractivity contribution in [2.24, 2.45) is 0 Å². The number of amides is 1. The van der Waals surface area contributed by atoms with Crippen LogP contribution in [0.4, 0.5) is 0 Å². The molecule has 2 aromatic rings. The van der Waals surface area contributed by atoms with Crippen molar-refractivity contribution in [2.75, 3.05) is 31.9 Å². The van der Waals surface area contributed by atoms with Gasteiger partial charge in [-0.25, -0.2) is 17.2 Å². The standard InChI is InChI=1S/C19H26N4O3S/c1-2-27(25,26)22-10-5-15(6-11-22)16-7-12-23-18(13-16)17(14-20-23)19(24)21-8-3-4-9-21/h7,12-15H,2-6,8-11H2,1H3. The van der Waals surface area contributed by atoms with Crippen LogP contribution in [0.25, 0.3) is 5.52 Å². The summed E-state index contributed by atoms with van der Waals surface area (Å²) in [6.07, 6.45) is 7.31. The summed E-state index contributed by atoms with van der Waals surface area (Å²) in [5.41, 5.74) is 2.66. The van der Waals surface area contributed by atoms with Gasteiger partial charge < -0.3 is 4.90 Å². The Morgan fingerprint density at radius 3 is 2.56 bits per heavy atom. The van der Waals surface area contributed by atoms with Gasteiger partial charge in [-0.15, -0.1) is 0 Å². The van der Waals surface area contributed by atoms with Gasteiger partial charge in [0, 0.05) is 32.4 Å². The lowest BCUT2D eigenvalue weighted by molar-refractivity contribution is 0.0794. The number of rotatable bonds is 4. The lowest BCUT2D eigenvalue weighted by Crippen LogP contribution is -2.38. The Bertz CT molecular complexity index is 939. The molecule has 1 amide bonds. The quantitative estimate of drug-likeness (QED) is 0.801. The number of likely N-dealkylation sites (tertiary alicyclic amines) is 1. The van der Waals surface area contributed by atoms with Gasteiger partial charge in [0.2, 0.25) is 10.0 Å². The van der Waals surface area contributed by atoms with Gasteiger partial charge in [-0.2, -0.15) is 5.10 Å². The molecule has 0 atom stereocenters. The van der Waals surface area contributed by atoms with E-state index in [0.717, 1.165) is 49.9 Å². The van der Waals surface area contributed by atoms with E-state index >= 15 is 0 Å². The maximum absolute atomic E-state index is 12.8. The van der Waals surface area contributed by atoms with Crippen LogP contribution >= 0.6 is 0 Å². The van der Waals surface area contributed by atoms with E-state index in [2.05, 4.69) is 11.2 Å². The molecule has 4 heterocycles. The molecule has 8 heteroatoms. The Morgan fingerprint density at radius 1 is 1.19 bits per heavy atom. The molecule has 0 aliphatic carbocycles. The summed E-state index contributed by atoms with van der Waals surface area (Å²) in [7, 11) is -3.11. The summed E-state index contributed by atoms with van der Waals surface area (Å²) in [6.45, 7) is 4.45. The Hall–Kier alpha value is -1.93. The fraction of sp³-hybridized carbons (Fsp3) is 0.579. The number of fused-ring (bicyclic) bond motifs is 1. The number of sulfonamides is 1. The Kier molecular flexibility index (Phi) is 4.94. The minimum absolute atomic E-state index is 0.0588. The van der Waals surface area contributed by atoms with Crippen LogP contribution in [0, 0.1) is 0 Å². The largest absolute Gasteiger partial charge is 0.339 e. The summed E-state index contributed by atoms with van der Waals surface area (Å²) in [5.74, 6) is 0.521. The molecule has 0 unspecified atom stereocenters. The molecule has 0 saturated carbocycles. The minimum Gasteiger partial charge on any atom is -0.339 e. The predicted octanol–water partition coefficient (Wildman–Crippen LogP) is 2.10. The van der Waals surface area contributed by atoms with Crippen LogP contribution in [0.3, 0.4) is 0 Å². The number of aromatic nitrogens is 2. The van der Waals surface area contributed by atoms with E-state index in [-0.39, 0.29) is 11.7 Å². The van der Waals surface area contributed by atoms with Crippen LogP contribution in [0.2, 0.25) is 0 Å². The zero-order chi connectivity index (χ0) is 19.0. The highest BCUT2D eigenvalue weighted by molar-refractivity contribution is 7.89. The van der Waals surface area contributed by atoms with Crippen LogP contribution in [-0.2, 0) is 10.0 Å². The first kappa shape index (κ1) is 18.4. The van der Waals surface area contributed by atoms with E-state index < -0.39 is 10.0 Å². The van der Waals surface area contributed by atoms with Gasteiger partial charge in [-0.1, -0.05) is 0 Å². The number of hydrogen-bond donors (Lipinski definition) is 0. The monoisotopic (exact) mass is 390 g/mol. The lowest BCUT2D eigenvalue weighted by atomic mass is 9.90. The molecule has 7 nitrogen and oxygen atoms in total. The van der Waals surface area contributed by atoms with Crippen molar-refractivity contribution in [1.29, 1.82) is 0 Å². The summed E-state index contributed by atoms with van der Waals surface area (Å²) in [5, 5.41) is 4.33. The van der Waals surface area contributed by atoms with Crippen molar-refractivity contribution in [2.45, 2.75) is 38.5 Å². The average Bonchev–Trinajstić information content (AvgIpc) is 3.37. The first-order chi connectivity index (χ1) is 13.0. The molecule has 146 valence electrons. The lowest BCUT2D eigenvalue weighted by Gasteiger charge is -2.31. The predicted molar refractivity (Wildman–Crippen MR) is 103 cm³/mol. The van der Waals surface area contributed by atoms with E-state index in [4.69, 9.17) is 0 Å². The molecule has 2 aromatic heterocycles. The topological polar surface area (TPSA) is 75.0 Å². The van der Waals surface area contributed by atoms with Gasteiger partial charge in [0.15, 0.2) is 0 Å². The molecule has 0 aromatic carbocycles. The van der Waals surface area contributed by atoms with Crippen molar-refractivity contribution < 1.29 is 13.2 Å². The second-order valence-electron chi connectivity index (χ2n) is 7.42. The second kappa shape index (κ2) is 7.24. The summed E-state index contributed by atoms with van der Waals surface area (Å²) < 4.78 is 27.5. The molecule has 0 spiro atoms. The van der Waals surface area contributed by atoms with E-state index in [1.165, 1.54) is 0 Å². The molecular weight excluding hydrogens is 364 g/mol. The number of nitrogens with zero attached hydrogens (tertiary/aromatic N) is 4. The Morgan fingerprint density at radius 2 is 1.89 bits per heavy atom. The number of hydrogen-bond acceptors (Lipinski definition) is 4. The van der Waals surface area contributed by atoms with Crippen LogP contribution < -0.4 is 0 Å². The maximum Gasteiger partial charge on any atom is 0.257 e. The summed E-state index contributed by atoms with van der Waals surface area (Å²) >= 11 is 0. The third kappa shape index (κ3) is 3.48. The zero-order valence-corrected chi connectivity index (χ0v) is 16.5. The third-order valence-corrected chi connectivity index (χ3v) is 7.73. The Labute approximate surface area is 160 Å². The molecule has 2 fully saturated rings. The van der Waals surface area contributed by atoms with Crippen molar-refractivity contribution in [3.05, 3.63) is 35.7 Å². The van der Waals surface area contributed by atoms with E-state index in [1.54, 1.807) is 21.9 Å². The smallest absolute Gasteiger partial charge is 0.257 e. The summed E-state index contributed by atoms with van der Waals surface area (Å²) in [4.78, 5) is 14.7. The number of carbonyl (C=O) groups excluding carboxylic acids is 1. The van der Waals surface area contributed by atoms with Gasteiger partial charge in [0.1, 0.15) is 0 Å². The van der Waals surface area contributed by atoms with Crippen molar-refractivity contribution in [3.63, 3.8) is 0 Å². The van der Waals surface area contributed by atoms with Crippen molar-refractivity contribution in [1.82, 2.24) is 18.8 Å². The molecule has 4 rings (SSSR count). The highest BCUT2D eigenvalue weighted by Crippen LogP contribution is 2.30. The van der Waals surface area contributed by atoms with E-state index in [9.17, 15) is 13.2 Å². The van der Waals surface area contributed by atoms with Crippen LogP contribution in [-0.4, -0.2) is 65.1 Å². The fourth-order valence-electron chi connectivity index (χ4n) is 4.16. The SMILES string of the molecule is CCS(=O)(=O)N1CCC(c2ccn3ncc(C(=O)N4CCCC4)c3c2)CC1. The molecule has 0 bridgehead atoms. The van der Waals surface area contributed by atoms with Gasteiger partial charge in [0.05, 0.1) is 23.0 Å². The minimum atomic E-state index is -3.11. The number of piperidine rings is 1. The summed E-state index contributed by atoms with van der Waals surface area (Å²) in [6, 6.07) is 4.10. The molecule has 2 aliphatic heterocycles. The van der Waals surface area contributed by atoms with E-state index in [0.29, 0.717) is 24.6 Å². The third-order valence-electron chi connectivity index (χ3n) is 5.85. The van der Waals surface area contributed by atoms with Gasteiger partial charge in [-0.3, -0.25) is 4.79 Å². The number of pyridine rings is 1. The van der Waals surface area contributed by atoms with Gasteiger partial charge in [-0.05, 0) is 56.2 Å². The first-order valence-electron chi connectivity index (χ1n) is 9.74. The fourth-order valence-corrected chi connectivity index (χ4v) is 5.29. The maximum atomic E-state index is 12.8. The molecule has 2 aliphatic rings. The average molecular weight is 391 g/mol. The highest BCUT2D eigenvalue weighted by Gasteiger charge is 2.28. The van der Waals surface area contributed by atoms with Gasteiger partial charge in [0.25, 0.3) is 5.91 Å². The molecule has 0 radical (unpaired) electrons. The van der Waals surface area contributed by atoms with Crippen molar-refractivity contribution >= 4 is 21.4 Å². The van der Waals surface area contributed by atoms with Crippen LogP contribution in [0.1, 0.15) is 54.4 Å². The van der Waals surface area contributed by atoms with Crippen LogP contribution in [0.15, 0.2) is 24.5 Å². The normalized spacial score (nSPS) is 19.8. The second-order valence-corrected chi connectivity index (χ2v) is 9.68. The zero-order valence-electron chi connectivity index (χ0n) is 15.7. The number of carbonyl (C=O) groups is 1. The molecule has 27 heavy (non-hydrogen) atoms. The molecular formula is C19H26N4O3S. The molecule has 0 N–H and O–H groups in total. The Balaban J connectivity index is 1.55. The first-order valence-corrected chi connectivity index (χ1v) is 11.3. The van der Waals surface area contributed by atoms with Crippen LogP contribution in [0.5, 0.6) is 0 Å². The van der Waals surface area contributed by atoms with E-state index in [1.807, 2.05) is 17.2 Å². The van der Waals surface area contributed by atoms with Crippen molar-refractivity contribution in [3.8, 4) is 0 Å².